The monoisotopic (exact) mass is 312 g/mol. The van der Waals surface area contributed by atoms with Crippen LogP contribution in [-0.2, 0) is 16.0 Å². The average Bonchev–Trinajstić information content (AvgIpc) is 2.78. The molecule has 1 aromatic rings. The minimum atomic E-state index is -0.236. The van der Waals surface area contributed by atoms with Gasteiger partial charge >= 0.3 is 0 Å². The Kier molecular flexibility index (Phi) is 6.84. The molecule has 21 heavy (non-hydrogen) atoms. The summed E-state index contributed by atoms with van der Waals surface area (Å²) in [6.45, 7) is 7.07. The molecule has 0 saturated carbocycles. The maximum absolute atomic E-state index is 11.8. The SMILES string of the molecule is C[NH+](CC(=O)NCCc1cccs1)CC(=O)NC(C)(C)C. The lowest BCUT2D eigenvalue weighted by Gasteiger charge is -2.21. The Morgan fingerprint density at radius 1 is 1.24 bits per heavy atom. The standard InChI is InChI=1S/C15H25N3O2S/c1-15(2,3)17-14(20)11-18(4)10-13(19)16-8-7-12-6-5-9-21-12/h5-6,9H,7-8,10-11H2,1-4H3,(H,16,19)(H,17,20)/p+1. The highest BCUT2D eigenvalue weighted by molar-refractivity contribution is 7.09. The fraction of sp³-hybridized carbons (Fsp3) is 0.600. The second kappa shape index (κ2) is 8.14. The Balaban J connectivity index is 2.19. The van der Waals surface area contributed by atoms with Crippen molar-refractivity contribution < 1.29 is 14.5 Å². The van der Waals surface area contributed by atoms with Crippen molar-refractivity contribution in [2.45, 2.75) is 32.7 Å². The van der Waals surface area contributed by atoms with Gasteiger partial charge in [-0.3, -0.25) is 9.59 Å². The fourth-order valence-electron chi connectivity index (χ4n) is 1.92. The summed E-state index contributed by atoms with van der Waals surface area (Å²) < 4.78 is 0. The Hall–Kier alpha value is -1.40. The van der Waals surface area contributed by atoms with E-state index in [-0.39, 0.29) is 17.4 Å². The third kappa shape index (κ3) is 8.47. The van der Waals surface area contributed by atoms with Crippen molar-refractivity contribution in [3.63, 3.8) is 0 Å². The first-order valence-corrected chi connectivity index (χ1v) is 8.05. The number of rotatable bonds is 7. The maximum atomic E-state index is 11.8. The molecule has 2 amide bonds. The summed E-state index contributed by atoms with van der Waals surface area (Å²) in [5.74, 6) is -0.0565. The molecule has 1 rings (SSSR count). The van der Waals surface area contributed by atoms with Crippen molar-refractivity contribution >= 4 is 23.2 Å². The lowest BCUT2D eigenvalue weighted by atomic mass is 10.1. The largest absolute Gasteiger partial charge is 0.351 e. The molecule has 0 radical (unpaired) electrons. The number of thiophene rings is 1. The Labute approximate surface area is 130 Å². The molecule has 1 unspecified atom stereocenters. The number of carbonyl (C=O) groups is 2. The highest BCUT2D eigenvalue weighted by Crippen LogP contribution is 2.07. The van der Waals surface area contributed by atoms with Crippen LogP contribution >= 0.6 is 11.3 Å². The number of carbonyl (C=O) groups excluding carboxylic acids is 2. The van der Waals surface area contributed by atoms with Gasteiger partial charge in [-0.25, -0.2) is 0 Å². The van der Waals surface area contributed by atoms with E-state index < -0.39 is 0 Å². The zero-order valence-electron chi connectivity index (χ0n) is 13.3. The molecule has 0 saturated heterocycles. The average molecular weight is 312 g/mol. The maximum Gasteiger partial charge on any atom is 0.275 e. The predicted molar refractivity (Wildman–Crippen MR) is 85.5 cm³/mol. The van der Waals surface area contributed by atoms with Gasteiger partial charge in [0.1, 0.15) is 0 Å². The van der Waals surface area contributed by atoms with Gasteiger partial charge in [0.2, 0.25) is 0 Å². The van der Waals surface area contributed by atoms with E-state index in [1.165, 1.54) is 4.88 Å². The van der Waals surface area contributed by atoms with E-state index in [2.05, 4.69) is 16.7 Å². The third-order valence-electron chi connectivity index (χ3n) is 2.71. The zero-order chi connectivity index (χ0) is 15.9. The van der Waals surface area contributed by atoms with Crippen LogP contribution in [0.2, 0.25) is 0 Å². The summed E-state index contributed by atoms with van der Waals surface area (Å²) in [5.41, 5.74) is -0.236. The normalized spacial score (nSPS) is 12.8. The second-order valence-corrected chi connectivity index (χ2v) is 7.32. The van der Waals surface area contributed by atoms with Crippen molar-refractivity contribution in [2.75, 3.05) is 26.7 Å². The molecule has 0 aliphatic heterocycles. The van der Waals surface area contributed by atoms with E-state index in [1.54, 1.807) is 11.3 Å². The molecule has 1 atom stereocenters. The van der Waals surface area contributed by atoms with Crippen molar-refractivity contribution in [1.29, 1.82) is 0 Å². The van der Waals surface area contributed by atoms with Crippen molar-refractivity contribution in [2.24, 2.45) is 0 Å². The van der Waals surface area contributed by atoms with Crippen molar-refractivity contribution in [3.05, 3.63) is 22.4 Å². The molecule has 0 fully saturated rings. The lowest BCUT2D eigenvalue weighted by Crippen LogP contribution is -3.11. The van der Waals surface area contributed by atoms with Crippen LogP contribution in [0.5, 0.6) is 0 Å². The molecule has 1 aromatic heterocycles. The Bertz CT molecular complexity index is 452. The van der Waals surface area contributed by atoms with Gasteiger partial charge < -0.3 is 15.5 Å². The van der Waals surface area contributed by atoms with Gasteiger partial charge in [0.25, 0.3) is 11.8 Å². The number of amides is 2. The molecule has 3 N–H and O–H groups in total. The first-order valence-electron chi connectivity index (χ1n) is 7.17. The fourth-order valence-corrected chi connectivity index (χ4v) is 2.62. The summed E-state index contributed by atoms with van der Waals surface area (Å²) in [5, 5.41) is 7.81. The van der Waals surface area contributed by atoms with Crippen LogP contribution in [0.4, 0.5) is 0 Å². The summed E-state index contributed by atoms with van der Waals surface area (Å²) in [4.78, 5) is 25.7. The molecule has 1 heterocycles. The number of likely N-dealkylation sites (N-methyl/N-ethyl adjacent to an activating group) is 1. The number of hydrogen-bond acceptors (Lipinski definition) is 3. The zero-order valence-corrected chi connectivity index (χ0v) is 14.1. The van der Waals surface area contributed by atoms with E-state index in [9.17, 15) is 9.59 Å². The second-order valence-electron chi connectivity index (χ2n) is 6.29. The van der Waals surface area contributed by atoms with Gasteiger partial charge in [0.15, 0.2) is 13.1 Å². The number of nitrogens with one attached hydrogen (secondary N) is 3. The van der Waals surface area contributed by atoms with Crippen LogP contribution in [0, 0.1) is 0 Å². The topological polar surface area (TPSA) is 62.6 Å². The van der Waals surface area contributed by atoms with Crippen molar-refractivity contribution in [3.8, 4) is 0 Å². The van der Waals surface area contributed by atoms with Gasteiger partial charge in [-0.1, -0.05) is 6.07 Å². The van der Waals surface area contributed by atoms with Crippen LogP contribution in [-0.4, -0.2) is 44.0 Å². The number of hydrogen-bond donors (Lipinski definition) is 3. The third-order valence-corrected chi connectivity index (χ3v) is 3.65. The van der Waals surface area contributed by atoms with Gasteiger partial charge in [0.05, 0.1) is 7.05 Å². The van der Waals surface area contributed by atoms with E-state index in [1.807, 2.05) is 39.3 Å². The molecule has 0 aromatic carbocycles. The van der Waals surface area contributed by atoms with Crippen LogP contribution < -0.4 is 15.5 Å². The molecular formula is C15H26N3O2S+. The molecule has 0 aliphatic rings. The van der Waals surface area contributed by atoms with Gasteiger partial charge in [-0.2, -0.15) is 0 Å². The van der Waals surface area contributed by atoms with Gasteiger partial charge in [-0.15, -0.1) is 11.3 Å². The smallest absolute Gasteiger partial charge is 0.275 e. The van der Waals surface area contributed by atoms with Gasteiger partial charge in [-0.05, 0) is 38.6 Å². The number of quaternary nitrogens is 1. The molecule has 0 spiro atoms. The lowest BCUT2D eigenvalue weighted by molar-refractivity contribution is -0.862. The molecule has 0 bridgehead atoms. The summed E-state index contributed by atoms with van der Waals surface area (Å²) in [6.07, 6.45) is 0.854. The first kappa shape index (κ1) is 17.7. The quantitative estimate of drug-likeness (QED) is 0.655. The Morgan fingerprint density at radius 2 is 1.90 bits per heavy atom. The van der Waals surface area contributed by atoms with Gasteiger partial charge in [0, 0.05) is 17.0 Å². The predicted octanol–water partition coefficient (Wildman–Crippen LogP) is -0.164. The highest BCUT2D eigenvalue weighted by Gasteiger charge is 2.18. The van der Waals surface area contributed by atoms with E-state index in [0.29, 0.717) is 19.6 Å². The van der Waals surface area contributed by atoms with Crippen molar-refractivity contribution in [1.82, 2.24) is 10.6 Å². The van der Waals surface area contributed by atoms with E-state index in [4.69, 9.17) is 0 Å². The molecule has 6 heteroatoms. The Morgan fingerprint density at radius 3 is 2.48 bits per heavy atom. The molecule has 0 aliphatic carbocycles. The molecule has 5 nitrogen and oxygen atoms in total. The highest BCUT2D eigenvalue weighted by atomic mass is 32.1. The minimum Gasteiger partial charge on any atom is -0.351 e. The molecule has 118 valence electrons. The van der Waals surface area contributed by atoms with Crippen LogP contribution in [0.1, 0.15) is 25.6 Å². The summed E-state index contributed by atoms with van der Waals surface area (Å²) >= 11 is 1.69. The van der Waals surface area contributed by atoms with Crippen LogP contribution in [0.15, 0.2) is 17.5 Å². The van der Waals surface area contributed by atoms with Crippen LogP contribution in [0.25, 0.3) is 0 Å². The van der Waals surface area contributed by atoms with E-state index in [0.717, 1.165) is 11.3 Å². The summed E-state index contributed by atoms with van der Waals surface area (Å²) in [7, 11) is 1.85. The minimum absolute atomic E-state index is 0.0207. The van der Waals surface area contributed by atoms with E-state index >= 15 is 0 Å². The first-order chi connectivity index (χ1) is 9.76. The molecular weight excluding hydrogens is 286 g/mol. The summed E-state index contributed by atoms with van der Waals surface area (Å²) in [6, 6.07) is 4.07. The van der Waals surface area contributed by atoms with Crippen LogP contribution in [0.3, 0.4) is 0 Å².